The second-order valence-corrected chi connectivity index (χ2v) is 14.6. The molecule has 0 saturated carbocycles. The molecule has 0 radical (unpaired) electrons. The van der Waals surface area contributed by atoms with Gasteiger partial charge in [-0.3, -0.25) is 24.0 Å². The van der Waals surface area contributed by atoms with Crippen molar-refractivity contribution in [3.8, 4) is 40.5 Å². The molecule has 1 aliphatic heterocycles. The molecule has 4 bridgehead atoms. The molecule has 60 heavy (non-hydrogen) atoms. The number of rotatable bonds is 14. The van der Waals surface area contributed by atoms with Crippen LogP contribution >= 0.6 is 0 Å². The highest BCUT2D eigenvalue weighted by molar-refractivity contribution is 6.00. The smallest absolute Gasteiger partial charge is 0.252 e. The number of aryl methyl sites for hydroxylation is 1. The fourth-order valence-corrected chi connectivity index (χ4v) is 6.59. The van der Waals surface area contributed by atoms with Crippen LogP contribution in [0.3, 0.4) is 0 Å². The predicted octanol–water partition coefficient (Wildman–Crippen LogP) is 1.18. The Labute approximate surface area is 350 Å². The summed E-state index contributed by atoms with van der Waals surface area (Å²) in [5.41, 5.74) is 21.2. The van der Waals surface area contributed by atoms with Gasteiger partial charge in [0, 0.05) is 54.7 Å². The SMILES string of the molecule is Cc1cc(C#CC(C)C)ccc1C(=O)N[C@@H](CCN)C(=O)N(C)[C@@H]1C(=O)N[C@@H](C)C(=O)N[C@H](C(=O)NCC#N)Cc2ccc(OCCN)c(c2)-c2cc1ccc2OCCN. The van der Waals surface area contributed by atoms with Crippen molar-refractivity contribution in [2.75, 3.05) is 46.4 Å². The molecule has 318 valence electrons. The van der Waals surface area contributed by atoms with Crippen LogP contribution in [0.25, 0.3) is 11.1 Å². The van der Waals surface area contributed by atoms with Gasteiger partial charge in [-0.15, -0.1) is 0 Å². The average molecular weight is 822 g/mol. The fourth-order valence-electron chi connectivity index (χ4n) is 6.59. The van der Waals surface area contributed by atoms with E-state index in [2.05, 4.69) is 33.1 Å². The van der Waals surface area contributed by atoms with Gasteiger partial charge >= 0.3 is 0 Å². The number of nitrogens with one attached hydrogen (secondary N) is 4. The lowest BCUT2D eigenvalue weighted by Crippen LogP contribution is -2.56. The Balaban J connectivity index is 1.85. The van der Waals surface area contributed by atoms with Crippen LogP contribution in [0.4, 0.5) is 0 Å². The summed E-state index contributed by atoms with van der Waals surface area (Å²) in [4.78, 5) is 70.8. The Morgan fingerprint density at radius 1 is 0.917 bits per heavy atom. The van der Waals surface area contributed by atoms with Crippen LogP contribution < -0.4 is 47.9 Å². The third kappa shape index (κ3) is 12.0. The third-order valence-electron chi connectivity index (χ3n) is 9.59. The molecule has 3 aromatic rings. The summed E-state index contributed by atoms with van der Waals surface area (Å²) in [7, 11) is 1.42. The number of hydrogen-bond donors (Lipinski definition) is 7. The van der Waals surface area contributed by atoms with Gasteiger partial charge in [0.15, 0.2) is 0 Å². The molecule has 1 heterocycles. The first-order valence-corrected chi connectivity index (χ1v) is 19.8. The summed E-state index contributed by atoms with van der Waals surface area (Å²) < 4.78 is 12.1. The quantitative estimate of drug-likeness (QED) is 0.0898. The third-order valence-corrected chi connectivity index (χ3v) is 9.59. The molecule has 16 heteroatoms. The van der Waals surface area contributed by atoms with Gasteiger partial charge in [-0.2, -0.15) is 5.26 Å². The lowest BCUT2D eigenvalue weighted by molar-refractivity contribution is -0.141. The maximum atomic E-state index is 14.5. The summed E-state index contributed by atoms with van der Waals surface area (Å²) in [6.45, 7) is 7.62. The first-order chi connectivity index (χ1) is 28.7. The number of nitriles is 1. The van der Waals surface area contributed by atoms with Crippen molar-refractivity contribution in [1.29, 1.82) is 5.26 Å². The van der Waals surface area contributed by atoms with E-state index in [1.807, 2.05) is 19.9 Å². The molecule has 1 aliphatic rings. The first-order valence-electron chi connectivity index (χ1n) is 19.8. The molecule has 4 atom stereocenters. The maximum absolute atomic E-state index is 14.5. The number of fused-ring (bicyclic) bond motifs is 5. The van der Waals surface area contributed by atoms with E-state index < -0.39 is 53.7 Å². The Morgan fingerprint density at radius 3 is 2.20 bits per heavy atom. The lowest BCUT2D eigenvalue weighted by atomic mass is 9.93. The molecule has 0 saturated heterocycles. The van der Waals surface area contributed by atoms with Gasteiger partial charge in [0.25, 0.3) is 5.91 Å². The van der Waals surface area contributed by atoms with Crippen LogP contribution in [-0.4, -0.2) is 99.0 Å². The number of carbonyl (C=O) groups is 5. The van der Waals surface area contributed by atoms with Crippen molar-refractivity contribution < 1.29 is 33.4 Å². The maximum Gasteiger partial charge on any atom is 0.252 e. The van der Waals surface area contributed by atoms with Crippen molar-refractivity contribution in [3.63, 3.8) is 0 Å². The van der Waals surface area contributed by atoms with Crippen LogP contribution in [0.5, 0.6) is 11.5 Å². The zero-order valence-corrected chi connectivity index (χ0v) is 34.7. The van der Waals surface area contributed by atoms with E-state index in [0.717, 1.165) is 5.56 Å². The van der Waals surface area contributed by atoms with Gasteiger partial charge in [0.05, 0.1) is 6.07 Å². The zero-order chi connectivity index (χ0) is 43.9. The van der Waals surface area contributed by atoms with E-state index in [4.69, 9.17) is 31.9 Å². The lowest BCUT2D eigenvalue weighted by Gasteiger charge is -2.32. The fraction of sp³-hybridized carbons (Fsp3) is 0.409. The second kappa shape index (κ2) is 22.1. The summed E-state index contributed by atoms with van der Waals surface area (Å²) >= 11 is 0. The summed E-state index contributed by atoms with van der Waals surface area (Å²) in [6, 6.07) is 12.4. The molecular formula is C44H55N9O7. The van der Waals surface area contributed by atoms with E-state index in [1.54, 1.807) is 61.5 Å². The van der Waals surface area contributed by atoms with Crippen LogP contribution in [0.1, 0.15) is 65.8 Å². The summed E-state index contributed by atoms with van der Waals surface area (Å²) in [6.07, 6.45) is 0.0522. The minimum atomic E-state index is -1.37. The normalized spacial score (nSPS) is 16.7. The second-order valence-electron chi connectivity index (χ2n) is 14.6. The molecule has 0 fully saturated rings. The number of nitrogens with two attached hydrogens (primary N) is 3. The highest BCUT2D eigenvalue weighted by Crippen LogP contribution is 2.40. The minimum Gasteiger partial charge on any atom is -0.492 e. The number of ether oxygens (including phenoxy) is 2. The van der Waals surface area contributed by atoms with Gasteiger partial charge < -0.3 is 52.8 Å². The van der Waals surface area contributed by atoms with Gasteiger partial charge in [-0.1, -0.05) is 37.8 Å². The zero-order valence-electron chi connectivity index (χ0n) is 34.7. The van der Waals surface area contributed by atoms with E-state index in [9.17, 15) is 24.0 Å². The number of benzene rings is 3. The average Bonchev–Trinajstić information content (AvgIpc) is 3.22. The molecule has 5 amide bonds. The molecule has 0 aliphatic carbocycles. The standard InChI is InChI=1S/C44H55N9O7/c1-26(2)6-7-29-8-11-32(27(3)22-29)41(55)51-35(14-15-45)44(58)53(5)39-31-10-13-38(60-21-18-48)34(25-31)33-23-30(9-12-37(33)59-20-17-47)24-36(42(56)49-19-16-46)52-40(54)28(4)50-43(39)57/h8-13,22-23,25-26,28,35-36,39H,14-15,17-21,24,45,47-48H2,1-5H3,(H,49,56)(H,50,57)(H,51,55)(H,52,54)/t28-,35-,36-,39-/m0/s1. The van der Waals surface area contributed by atoms with Gasteiger partial charge in [-0.05, 0) is 86.0 Å². The van der Waals surface area contributed by atoms with Crippen LogP contribution in [0.2, 0.25) is 0 Å². The number of nitrogens with zero attached hydrogens (tertiary/aromatic N) is 2. The van der Waals surface area contributed by atoms with E-state index in [-0.39, 0.29) is 58.2 Å². The van der Waals surface area contributed by atoms with Gasteiger partial charge in [0.2, 0.25) is 23.6 Å². The Bertz CT molecular complexity index is 2160. The highest BCUT2D eigenvalue weighted by Gasteiger charge is 2.36. The number of amides is 5. The van der Waals surface area contributed by atoms with Gasteiger partial charge in [0.1, 0.15) is 55.4 Å². The molecule has 0 unspecified atom stereocenters. The van der Waals surface area contributed by atoms with Crippen molar-refractivity contribution in [1.82, 2.24) is 26.2 Å². The Morgan fingerprint density at radius 2 is 1.58 bits per heavy atom. The van der Waals surface area contributed by atoms with Crippen molar-refractivity contribution >= 4 is 29.5 Å². The van der Waals surface area contributed by atoms with Crippen molar-refractivity contribution in [3.05, 3.63) is 82.4 Å². The molecule has 0 spiro atoms. The first kappa shape index (κ1) is 46.2. The number of carbonyl (C=O) groups excluding carboxylic acids is 5. The molecule has 3 aromatic carbocycles. The van der Waals surface area contributed by atoms with Crippen LogP contribution in [0.15, 0.2) is 54.6 Å². The number of hydrogen-bond acceptors (Lipinski definition) is 11. The highest BCUT2D eigenvalue weighted by atomic mass is 16.5. The summed E-state index contributed by atoms with van der Waals surface area (Å²) in [5.74, 6) is 3.96. The molecule has 4 rings (SSSR count). The predicted molar refractivity (Wildman–Crippen MR) is 226 cm³/mol. The van der Waals surface area contributed by atoms with E-state index in [0.29, 0.717) is 44.9 Å². The van der Waals surface area contributed by atoms with Gasteiger partial charge in [-0.25, -0.2) is 0 Å². The Kier molecular flexibility index (Phi) is 17.0. The van der Waals surface area contributed by atoms with E-state index in [1.165, 1.54) is 18.9 Å². The topological polar surface area (TPSA) is 257 Å². The molecular weight excluding hydrogens is 767 g/mol. The van der Waals surface area contributed by atoms with Crippen LogP contribution in [-0.2, 0) is 25.6 Å². The number of likely N-dealkylation sites (N-methyl/N-ethyl adjacent to an activating group) is 1. The van der Waals surface area contributed by atoms with Crippen molar-refractivity contribution in [2.24, 2.45) is 23.1 Å². The molecule has 16 nitrogen and oxygen atoms in total. The van der Waals surface area contributed by atoms with E-state index >= 15 is 0 Å². The molecule has 10 N–H and O–H groups in total. The van der Waals surface area contributed by atoms with Crippen molar-refractivity contribution in [2.45, 2.75) is 64.7 Å². The monoisotopic (exact) mass is 821 g/mol. The molecule has 0 aromatic heterocycles. The van der Waals surface area contributed by atoms with Crippen LogP contribution in [0, 0.1) is 36.0 Å². The summed E-state index contributed by atoms with van der Waals surface area (Å²) in [5, 5.41) is 19.9. The minimum absolute atomic E-state index is 0.0105. The Hall–Kier alpha value is -6.46. The largest absolute Gasteiger partial charge is 0.492 e.